The van der Waals surface area contributed by atoms with Crippen LogP contribution in [-0.4, -0.2) is 45.5 Å². The van der Waals surface area contributed by atoms with Crippen LogP contribution in [0.5, 0.6) is 0 Å². The number of carboxylic acids is 1. The highest BCUT2D eigenvalue weighted by atomic mass is 32.2. The molecule has 2 N–H and O–H groups in total. The van der Waals surface area contributed by atoms with Gasteiger partial charge in [0.25, 0.3) is 5.34 Å². The molecule has 8 heteroatoms. The SMILES string of the molecule is CCCCC(CCSCCCCCCCCC(C)OP(=O)(O)C(C)(OCCC)C(=O)O)C1CCCCC1. The van der Waals surface area contributed by atoms with Gasteiger partial charge in [0, 0.05) is 6.61 Å². The zero-order valence-corrected chi connectivity index (χ0v) is 26.0. The first-order valence-electron chi connectivity index (χ1n) is 15.1. The Morgan fingerprint density at radius 3 is 2.22 bits per heavy atom. The summed E-state index contributed by atoms with van der Waals surface area (Å²) in [6.45, 7) is 7.07. The van der Waals surface area contributed by atoms with Crippen molar-refractivity contribution in [2.75, 3.05) is 18.1 Å². The van der Waals surface area contributed by atoms with Gasteiger partial charge in [-0.25, -0.2) is 4.79 Å². The van der Waals surface area contributed by atoms with Gasteiger partial charge < -0.3 is 19.3 Å². The summed E-state index contributed by atoms with van der Waals surface area (Å²) in [4.78, 5) is 21.9. The van der Waals surface area contributed by atoms with Gasteiger partial charge in [-0.15, -0.1) is 0 Å². The van der Waals surface area contributed by atoms with Crippen LogP contribution >= 0.6 is 19.4 Å². The van der Waals surface area contributed by atoms with E-state index in [9.17, 15) is 19.4 Å². The highest BCUT2D eigenvalue weighted by molar-refractivity contribution is 7.99. The molecule has 1 aliphatic rings. The third-order valence-corrected chi connectivity index (χ3v) is 11.0. The van der Waals surface area contributed by atoms with Crippen molar-refractivity contribution in [1.29, 1.82) is 0 Å². The molecule has 0 saturated heterocycles. The second-order valence-electron chi connectivity index (χ2n) is 11.2. The molecule has 0 aromatic heterocycles. The van der Waals surface area contributed by atoms with Crippen molar-refractivity contribution < 1.29 is 28.6 Å². The Bertz CT molecular complexity index is 642. The summed E-state index contributed by atoms with van der Waals surface area (Å²) >= 11 is 2.15. The van der Waals surface area contributed by atoms with Gasteiger partial charge in [0.15, 0.2) is 0 Å². The first-order valence-corrected chi connectivity index (χ1v) is 17.9. The van der Waals surface area contributed by atoms with E-state index >= 15 is 0 Å². The Morgan fingerprint density at radius 1 is 0.946 bits per heavy atom. The molecule has 1 saturated carbocycles. The van der Waals surface area contributed by atoms with Crippen LogP contribution in [0.2, 0.25) is 0 Å². The summed E-state index contributed by atoms with van der Waals surface area (Å²) in [7, 11) is -4.48. The average Bonchev–Trinajstić information content (AvgIpc) is 2.87. The zero-order valence-electron chi connectivity index (χ0n) is 24.3. The molecule has 1 aliphatic carbocycles. The average molecular weight is 565 g/mol. The lowest BCUT2D eigenvalue weighted by Crippen LogP contribution is -2.39. The normalized spacial score (nSPS) is 19.7. The van der Waals surface area contributed by atoms with Gasteiger partial charge in [-0.05, 0) is 62.9 Å². The predicted molar refractivity (Wildman–Crippen MR) is 157 cm³/mol. The van der Waals surface area contributed by atoms with E-state index in [2.05, 4.69) is 18.7 Å². The van der Waals surface area contributed by atoms with Gasteiger partial charge in [-0.2, -0.15) is 11.8 Å². The molecule has 220 valence electrons. The Balaban J connectivity index is 2.12. The summed E-state index contributed by atoms with van der Waals surface area (Å²) in [6, 6.07) is 0. The van der Waals surface area contributed by atoms with Gasteiger partial charge in [0.05, 0.1) is 6.10 Å². The number of carboxylic acid groups (broad SMARTS) is 1. The van der Waals surface area contributed by atoms with Crippen LogP contribution in [0.1, 0.15) is 137 Å². The molecule has 6 nitrogen and oxygen atoms in total. The molecule has 0 aromatic rings. The number of carbonyl (C=O) groups is 1. The second-order valence-corrected chi connectivity index (χ2v) is 14.5. The second kappa shape index (κ2) is 19.9. The molecule has 0 aliphatic heterocycles. The highest BCUT2D eigenvalue weighted by Gasteiger charge is 2.54. The van der Waals surface area contributed by atoms with Crippen molar-refractivity contribution in [3.8, 4) is 0 Å². The van der Waals surface area contributed by atoms with Gasteiger partial charge >= 0.3 is 13.6 Å². The molecule has 0 amide bonds. The minimum Gasteiger partial charge on any atom is -0.479 e. The van der Waals surface area contributed by atoms with Gasteiger partial charge in [0.2, 0.25) is 0 Å². The van der Waals surface area contributed by atoms with E-state index in [0.717, 1.165) is 38.0 Å². The van der Waals surface area contributed by atoms with E-state index in [1.165, 1.54) is 88.6 Å². The van der Waals surface area contributed by atoms with Crippen molar-refractivity contribution in [2.45, 2.75) is 148 Å². The number of aliphatic carboxylic acids is 1. The molecular weight excluding hydrogens is 507 g/mol. The van der Waals surface area contributed by atoms with Crippen molar-refractivity contribution in [3.63, 3.8) is 0 Å². The molecule has 4 unspecified atom stereocenters. The molecule has 0 spiro atoms. The largest absolute Gasteiger partial charge is 0.479 e. The summed E-state index contributed by atoms with van der Waals surface area (Å²) in [5.74, 6) is 3.07. The van der Waals surface area contributed by atoms with Crippen molar-refractivity contribution in [3.05, 3.63) is 0 Å². The van der Waals surface area contributed by atoms with Gasteiger partial charge in [0.1, 0.15) is 0 Å². The fourth-order valence-electron chi connectivity index (χ4n) is 5.33. The summed E-state index contributed by atoms with van der Waals surface area (Å²) < 4.78 is 23.2. The molecule has 0 bridgehead atoms. The number of unbranched alkanes of at least 4 members (excludes halogenated alkanes) is 6. The molecular formula is C29H57O6PS. The minimum absolute atomic E-state index is 0.0868. The Kier molecular flexibility index (Phi) is 18.8. The Hall–Kier alpha value is -0.0700. The molecule has 0 heterocycles. The van der Waals surface area contributed by atoms with Gasteiger partial charge in [-0.1, -0.05) is 97.3 Å². The molecule has 0 radical (unpaired) electrons. The smallest absolute Gasteiger partial charge is 0.371 e. The lowest BCUT2D eigenvalue weighted by molar-refractivity contribution is -0.155. The maximum Gasteiger partial charge on any atom is 0.371 e. The number of ether oxygens (including phenoxy) is 1. The van der Waals surface area contributed by atoms with Crippen LogP contribution in [0.3, 0.4) is 0 Å². The monoisotopic (exact) mass is 564 g/mol. The van der Waals surface area contributed by atoms with E-state index in [4.69, 9.17) is 9.26 Å². The molecule has 37 heavy (non-hydrogen) atoms. The predicted octanol–water partition coefficient (Wildman–Crippen LogP) is 9.05. The highest BCUT2D eigenvalue weighted by Crippen LogP contribution is 2.57. The maximum absolute atomic E-state index is 12.7. The number of hydrogen-bond acceptors (Lipinski definition) is 5. The van der Waals surface area contributed by atoms with Crippen LogP contribution in [0.4, 0.5) is 0 Å². The Labute approximate surface area is 232 Å². The quantitative estimate of drug-likeness (QED) is 0.0944. The Morgan fingerprint density at radius 2 is 1.59 bits per heavy atom. The van der Waals surface area contributed by atoms with E-state index in [0.29, 0.717) is 12.8 Å². The fraction of sp³-hybridized carbons (Fsp3) is 0.966. The first-order chi connectivity index (χ1) is 17.7. The topological polar surface area (TPSA) is 93.1 Å². The fourth-order valence-corrected chi connectivity index (χ4v) is 7.70. The van der Waals surface area contributed by atoms with E-state index < -0.39 is 25.0 Å². The van der Waals surface area contributed by atoms with Crippen LogP contribution in [0, 0.1) is 11.8 Å². The van der Waals surface area contributed by atoms with Crippen molar-refractivity contribution >= 4 is 25.3 Å². The molecule has 0 aromatic carbocycles. The molecule has 1 fully saturated rings. The number of hydrogen-bond donors (Lipinski definition) is 2. The van der Waals surface area contributed by atoms with Crippen LogP contribution in [0.25, 0.3) is 0 Å². The minimum atomic E-state index is -4.48. The van der Waals surface area contributed by atoms with E-state index in [1.54, 1.807) is 6.92 Å². The summed E-state index contributed by atoms with van der Waals surface area (Å²) in [5.41, 5.74) is 0. The van der Waals surface area contributed by atoms with Crippen molar-refractivity contribution in [2.24, 2.45) is 11.8 Å². The maximum atomic E-state index is 12.7. The van der Waals surface area contributed by atoms with E-state index in [1.807, 2.05) is 6.92 Å². The summed E-state index contributed by atoms with van der Waals surface area (Å²) in [6.07, 6.45) is 20.4. The van der Waals surface area contributed by atoms with Crippen LogP contribution in [0.15, 0.2) is 0 Å². The van der Waals surface area contributed by atoms with Crippen molar-refractivity contribution in [1.82, 2.24) is 0 Å². The number of rotatable bonds is 23. The third-order valence-electron chi connectivity index (χ3n) is 7.87. The van der Waals surface area contributed by atoms with Crippen LogP contribution in [-0.2, 0) is 18.6 Å². The third kappa shape index (κ3) is 13.7. The standard InChI is InChI=1S/C29H57O6PS/c1-5-7-18-27(26-19-14-12-15-20-26)21-24-37-23-16-11-9-8-10-13-17-25(3)35-36(32,33)29(4,28(30)31)34-22-6-2/h25-27H,5-24H2,1-4H3,(H,30,31)(H,32,33). The lowest BCUT2D eigenvalue weighted by atomic mass is 9.77. The zero-order chi connectivity index (χ0) is 27.6. The summed E-state index contributed by atoms with van der Waals surface area (Å²) in [5, 5.41) is 7.21. The first kappa shape index (κ1) is 35.0. The number of thioether (sulfide) groups is 1. The van der Waals surface area contributed by atoms with Gasteiger partial charge in [-0.3, -0.25) is 4.57 Å². The molecule has 4 atom stereocenters. The van der Waals surface area contributed by atoms with Crippen LogP contribution < -0.4 is 0 Å². The molecule has 1 rings (SSSR count). The van der Waals surface area contributed by atoms with E-state index in [-0.39, 0.29) is 6.61 Å². The lowest BCUT2D eigenvalue weighted by Gasteiger charge is -2.31.